The molecule has 0 radical (unpaired) electrons. The lowest BCUT2D eigenvalue weighted by Gasteiger charge is -2.23. The summed E-state index contributed by atoms with van der Waals surface area (Å²) in [5.74, 6) is 0.0921. The number of quaternary nitrogens is 2. The van der Waals surface area contributed by atoms with Gasteiger partial charge in [-0.25, -0.2) is 0 Å². The molecular formula is C24H35N3O2+2. The summed E-state index contributed by atoms with van der Waals surface area (Å²) in [5.41, 5.74) is 5.11. The number of rotatable bonds is 9. The van der Waals surface area contributed by atoms with Gasteiger partial charge in [0.1, 0.15) is 26.2 Å². The van der Waals surface area contributed by atoms with Gasteiger partial charge in [0.2, 0.25) is 0 Å². The molecule has 0 spiro atoms. The predicted molar refractivity (Wildman–Crippen MR) is 115 cm³/mol. The molecule has 1 unspecified atom stereocenters. The van der Waals surface area contributed by atoms with E-state index in [1.165, 1.54) is 21.6 Å². The Bertz CT molecular complexity index is 753. The fourth-order valence-electron chi connectivity index (χ4n) is 3.74. The summed E-state index contributed by atoms with van der Waals surface area (Å²) in [6, 6.07) is 17.3. The number of carbonyl (C=O) groups is 1. The third-order valence-corrected chi connectivity index (χ3v) is 5.57. The first-order valence-corrected chi connectivity index (χ1v) is 10.8. The van der Waals surface area contributed by atoms with Crippen molar-refractivity contribution in [2.75, 3.05) is 39.9 Å². The van der Waals surface area contributed by atoms with Crippen molar-refractivity contribution < 1.29 is 19.3 Å². The van der Waals surface area contributed by atoms with Gasteiger partial charge < -0.3 is 19.9 Å². The molecule has 1 atom stereocenters. The monoisotopic (exact) mass is 397 g/mol. The van der Waals surface area contributed by atoms with Gasteiger partial charge >= 0.3 is 0 Å². The van der Waals surface area contributed by atoms with E-state index in [9.17, 15) is 4.79 Å². The number of aryl methyl sites for hydroxylation is 1. The van der Waals surface area contributed by atoms with E-state index in [4.69, 9.17) is 4.74 Å². The molecule has 1 aliphatic heterocycles. The van der Waals surface area contributed by atoms with E-state index in [2.05, 4.69) is 67.8 Å². The van der Waals surface area contributed by atoms with Crippen LogP contribution in [0.3, 0.4) is 0 Å². The topological polar surface area (TPSA) is 47.2 Å². The molecule has 0 saturated carbocycles. The number of morpholine rings is 1. The second kappa shape index (κ2) is 11.1. The molecule has 0 aliphatic carbocycles. The summed E-state index contributed by atoms with van der Waals surface area (Å²) in [7, 11) is 2.07. The predicted octanol–water partition coefficient (Wildman–Crippen LogP) is -0.00480. The first kappa shape index (κ1) is 21.5. The van der Waals surface area contributed by atoms with Crippen LogP contribution in [0.15, 0.2) is 48.5 Å². The average molecular weight is 398 g/mol. The van der Waals surface area contributed by atoms with Gasteiger partial charge in [-0.2, -0.15) is 0 Å². The van der Waals surface area contributed by atoms with Crippen molar-refractivity contribution in [2.24, 2.45) is 0 Å². The van der Waals surface area contributed by atoms with Gasteiger partial charge in [0.05, 0.1) is 20.3 Å². The van der Waals surface area contributed by atoms with Crippen LogP contribution in [0.2, 0.25) is 0 Å². The highest BCUT2D eigenvalue weighted by atomic mass is 16.5. The largest absolute Gasteiger partial charge is 0.370 e. The minimum Gasteiger partial charge on any atom is -0.370 e. The molecule has 2 aromatic carbocycles. The van der Waals surface area contributed by atoms with E-state index < -0.39 is 0 Å². The Morgan fingerprint density at radius 1 is 0.966 bits per heavy atom. The lowest BCUT2D eigenvalue weighted by Crippen LogP contribution is -3.12. The van der Waals surface area contributed by atoms with E-state index in [1.807, 2.05) is 0 Å². The minimum absolute atomic E-state index is 0.0921. The Balaban J connectivity index is 1.38. The standard InChI is InChI=1S/C24H33N3O2/c1-3-20-4-8-22(9-5-20)17-26(2)19-24(28)25-16-21-6-10-23(11-7-21)18-27-12-14-29-15-13-27/h4-11H,3,12-19H2,1-2H3,(H,25,28)/p+2. The van der Waals surface area contributed by atoms with Crippen molar-refractivity contribution in [1.82, 2.24) is 5.32 Å². The Labute approximate surface area is 174 Å². The van der Waals surface area contributed by atoms with Crippen molar-refractivity contribution in [1.29, 1.82) is 0 Å². The summed E-state index contributed by atoms with van der Waals surface area (Å²) in [6.45, 7) is 9.01. The number of ether oxygens (including phenoxy) is 1. The lowest BCUT2D eigenvalue weighted by molar-refractivity contribution is -0.921. The number of nitrogens with one attached hydrogen (secondary N) is 3. The van der Waals surface area contributed by atoms with Gasteiger partial charge in [0.15, 0.2) is 6.54 Å². The van der Waals surface area contributed by atoms with E-state index in [0.717, 1.165) is 51.4 Å². The number of carbonyl (C=O) groups excluding carboxylic acids is 1. The van der Waals surface area contributed by atoms with Crippen molar-refractivity contribution in [3.05, 3.63) is 70.8 Å². The molecule has 1 saturated heterocycles. The number of amides is 1. The van der Waals surface area contributed by atoms with Gasteiger partial charge in [0.25, 0.3) is 5.91 Å². The van der Waals surface area contributed by atoms with Crippen LogP contribution in [-0.2, 0) is 35.6 Å². The Hall–Kier alpha value is -2.21. The molecule has 5 heteroatoms. The third kappa shape index (κ3) is 7.28. The maximum Gasteiger partial charge on any atom is 0.275 e. The zero-order chi connectivity index (χ0) is 20.5. The molecule has 156 valence electrons. The molecule has 1 heterocycles. The van der Waals surface area contributed by atoms with E-state index >= 15 is 0 Å². The van der Waals surface area contributed by atoms with Crippen LogP contribution in [0, 0.1) is 0 Å². The molecule has 5 nitrogen and oxygen atoms in total. The first-order chi connectivity index (χ1) is 14.1. The number of hydrogen-bond donors (Lipinski definition) is 3. The van der Waals surface area contributed by atoms with Gasteiger partial charge in [-0.3, -0.25) is 4.79 Å². The Morgan fingerprint density at radius 2 is 1.55 bits per heavy atom. The highest BCUT2D eigenvalue weighted by Crippen LogP contribution is 2.04. The van der Waals surface area contributed by atoms with Gasteiger partial charge in [0, 0.05) is 17.7 Å². The van der Waals surface area contributed by atoms with Crippen LogP contribution >= 0.6 is 0 Å². The molecule has 3 N–H and O–H groups in total. The highest BCUT2D eigenvalue weighted by Gasteiger charge is 2.14. The van der Waals surface area contributed by atoms with Crippen LogP contribution < -0.4 is 15.1 Å². The molecular weight excluding hydrogens is 362 g/mol. The van der Waals surface area contributed by atoms with Crippen molar-refractivity contribution in [3.63, 3.8) is 0 Å². The Morgan fingerprint density at radius 3 is 2.21 bits per heavy atom. The summed E-state index contributed by atoms with van der Waals surface area (Å²) >= 11 is 0. The maximum atomic E-state index is 12.3. The number of benzene rings is 2. The fraction of sp³-hybridized carbons (Fsp3) is 0.458. The zero-order valence-electron chi connectivity index (χ0n) is 17.8. The normalized spacial score (nSPS) is 15.8. The summed E-state index contributed by atoms with van der Waals surface area (Å²) < 4.78 is 5.42. The smallest absolute Gasteiger partial charge is 0.275 e. The van der Waals surface area contributed by atoms with Crippen LogP contribution in [0.25, 0.3) is 0 Å². The number of likely N-dealkylation sites (N-methyl/N-ethyl adjacent to an activating group) is 1. The molecule has 3 rings (SSSR count). The second-order valence-electron chi connectivity index (χ2n) is 8.11. The SMILES string of the molecule is CCc1ccc(C[NH+](C)CC(=O)NCc2ccc(C[NH+]3CCOCC3)cc2)cc1. The quantitative estimate of drug-likeness (QED) is 0.558. The van der Waals surface area contributed by atoms with Gasteiger partial charge in [-0.1, -0.05) is 55.5 Å². The van der Waals surface area contributed by atoms with Gasteiger partial charge in [-0.05, 0) is 17.5 Å². The lowest BCUT2D eigenvalue weighted by atomic mass is 10.1. The summed E-state index contributed by atoms with van der Waals surface area (Å²) in [4.78, 5) is 15.1. The summed E-state index contributed by atoms with van der Waals surface area (Å²) in [5, 5.41) is 3.05. The minimum atomic E-state index is 0.0921. The molecule has 1 amide bonds. The van der Waals surface area contributed by atoms with Crippen molar-refractivity contribution >= 4 is 5.91 Å². The molecule has 1 aliphatic rings. The second-order valence-corrected chi connectivity index (χ2v) is 8.11. The van der Waals surface area contributed by atoms with Crippen LogP contribution in [-0.4, -0.2) is 45.8 Å². The van der Waals surface area contributed by atoms with Crippen LogP contribution in [0.5, 0.6) is 0 Å². The maximum absolute atomic E-state index is 12.3. The summed E-state index contributed by atoms with van der Waals surface area (Å²) in [6.07, 6.45) is 1.06. The third-order valence-electron chi connectivity index (χ3n) is 5.57. The van der Waals surface area contributed by atoms with Crippen molar-refractivity contribution in [2.45, 2.75) is 33.0 Å². The van der Waals surface area contributed by atoms with Crippen LogP contribution in [0.1, 0.15) is 29.2 Å². The molecule has 0 bridgehead atoms. The average Bonchev–Trinajstić information content (AvgIpc) is 2.74. The van der Waals surface area contributed by atoms with Crippen molar-refractivity contribution in [3.8, 4) is 0 Å². The Kier molecular flexibility index (Phi) is 8.23. The highest BCUT2D eigenvalue weighted by molar-refractivity contribution is 5.76. The molecule has 1 fully saturated rings. The number of hydrogen-bond acceptors (Lipinski definition) is 2. The molecule has 0 aromatic heterocycles. The van der Waals surface area contributed by atoms with E-state index in [-0.39, 0.29) is 5.91 Å². The van der Waals surface area contributed by atoms with Crippen LogP contribution in [0.4, 0.5) is 0 Å². The zero-order valence-corrected chi connectivity index (χ0v) is 17.8. The van der Waals surface area contributed by atoms with E-state index in [1.54, 1.807) is 4.90 Å². The molecule has 2 aromatic rings. The van der Waals surface area contributed by atoms with Gasteiger partial charge in [-0.15, -0.1) is 0 Å². The molecule has 29 heavy (non-hydrogen) atoms. The first-order valence-electron chi connectivity index (χ1n) is 10.8. The van der Waals surface area contributed by atoms with E-state index in [0.29, 0.717) is 13.1 Å². The fourth-order valence-corrected chi connectivity index (χ4v) is 3.74.